The average molecular weight is 353 g/mol. The van der Waals surface area contributed by atoms with Crippen molar-refractivity contribution in [3.63, 3.8) is 0 Å². The molecule has 0 spiro atoms. The Morgan fingerprint density at radius 3 is 2.35 bits per heavy atom. The molecule has 3 rings (SSSR count). The summed E-state index contributed by atoms with van der Waals surface area (Å²) < 4.78 is 5.74. The normalized spacial score (nSPS) is 14.5. The topological polar surface area (TPSA) is 66.8 Å². The van der Waals surface area contributed by atoms with Gasteiger partial charge in [0, 0.05) is 18.2 Å². The summed E-state index contributed by atoms with van der Waals surface area (Å²) in [6, 6.07) is 17.1. The molecule has 1 N–H and O–H groups in total. The first-order valence-electron chi connectivity index (χ1n) is 8.85. The van der Waals surface area contributed by atoms with Crippen LogP contribution in [0.4, 0.5) is 0 Å². The Kier molecular flexibility index (Phi) is 5.56. The quantitative estimate of drug-likeness (QED) is 0.787. The fourth-order valence-electron chi connectivity index (χ4n) is 2.76. The molecule has 0 radical (unpaired) electrons. The van der Waals surface area contributed by atoms with Crippen molar-refractivity contribution in [3.05, 3.63) is 65.7 Å². The van der Waals surface area contributed by atoms with Crippen molar-refractivity contribution in [1.82, 2.24) is 4.90 Å². The van der Waals surface area contributed by atoms with E-state index in [0.717, 1.165) is 18.4 Å². The Morgan fingerprint density at radius 1 is 1.12 bits per heavy atom. The van der Waals surface area contributed by atoms with E-state index in [1.165, 1.54) is 0 Å². The summed E-state index contributed by atoms with van der Waals surface area (Å²) in [4.78, 5) is 25.6. The molecule has 0 aliphatic heterocycles. The highest BCUT2D eigenvalue weighted by Gasteiger charge is 2.34. The number of rotatable bonds is 8. The molecule has 5 nitrogen and oxygen atoms in total. The zero-order valence-electron chi connectivity index (χ0n) is 14.8. The molecule has 0 heterocycles. The van der Waals surface area contributed by atoms with Crippen LogP contribution in [0, 0.1) is 5.92 Å². The predicted molar refractivity (Wildman–Crippen MR) is 98.1 cm³/mol. The molecule has 1 fully saturated rings. The third kappa shape index (κ3) is 4.63. The van der Waals surface area contributed by atoms with Crippen LogP contribution in [0.1, 0.15) is 35.7 Å². The number of carbonyl (C=O) groups is 2. The Bertz CT molecular complexity index is 753. The van der Waals surface area contributed by atoms with Crippen LogP contribution in [-0.4, -0.2) is 34.5 Å². The number of ether oxygens (including phenoxy) is 1. The summed E-state index contributed by atoms with van der Waals surface area (Å²) in [7, 11) is 0. The van der Waals surface area contributed by atoms with Gasteiger partial charge >= 0.3 is 5.97 Å². The minimum absolute atomic E-state index is 0.116. The predicted octanol–water partition coefficient (Wildman–Crippen LogP) is 3.59. The first kappa shape index (κ1) is 18.0. The number of carboxylic acids is 1. The lowest BCUT2D eigenvalue weighted by Gasteiger charge is -2.24. The Hall–Kier alpha value is -2.82. The Morgan fingerprint density at radius 2 is 1.77 bits per heavy atom. The summed E-state index contributed by atoms with van der Waals surface area (Å²) in [5.41, 5.74) is 1.64. The van der Waals surface area contributed by atoms with Gasteiger partial charge < -0.3 is 14.7 Å². The van der Waals surface area contributed by atoms with Crippen molar-refractivity contribution >= 4 is 11.9 Å². The zero-order valence-corrected chi connectivity index (χ0v) is 14.8. The zero-order chi connectivity index (χ0) is 18.5. The van der Waals surface area contributed by atoms with Gasteiger partial charge in [-0.3, -0.25) is 9.59 Å². The Balaban J connectivity index is 1.62. The molecule has 0 bridgehead atoms. The minimum atomic E-state index is -0.881. The summed E-state index contributed by atoms with van der Waals surface area (Å²) in [6.07, 6.45) is 1.88. The highest BCUT2D eigenvalue weighted by molar-refractivity contribution is 5.95. The lowest BCUT2D eigenvalue weighted by atomic mass is 10.1. The van der Waals surface area contributed by atoms with Gasteiger partial charge in [-0.25, -0.2) is 0 Å². The van der Waals surface area contributed by atoms with E-state index in [2.05, 4.69) is 0 Å². The fourth-order valence-corrected chi connectivity index (χ4v) is 2.76. The van der Waals surface area contributed by atoms with Crippen LogP contribution in [0.2, 0.25) is 0 Å². The van der Waals surface area contributed by atoms with Crippen LogP contribution in [0.3, 0.4) is 0 Å². The summed E-state index contributed by atoms with van der Waals surface area (Å²) in [5.74, 6) is -0.876. The number of aliphatic carboxylic acids is 1. The largest absolute Gasteiger partial charge is 0.489 e. The molecule has 1 saturated carbocycles. The van der Waals surface area contributed by atoms with Gasteiger partial charge in [0.25, 0.3) is 5.91 Å². The number of carboxylic acid groups (broad SMARTS) is 1. The highest BCUT2D eigenvalue weighted by Crippen LogP contribution is 2.29. The van der Waals surface area contributed by atoms with Gasteiger partial charge in [-0.05, 0) is 42.7 Å². The van der Waals surface area contributed by atoms with Gasteiger partial charge in [0.1, 0.15) is 12.4 Å². The second-order valence-electron chi connectivity index (χ2n) is 6.73. The number of hydrogen-bond acceptors (Lipinski definition) is 3. The molecule has 1 aliphatic rings. The monoisotopic (exact) mass is 353 g/mol. The first-order chi connectivity index (χ1) is 12.5. The van der Waals surface area contributed by atoms with E-state index in [9.17, 15) is 9.59 Å². The van der Waals surface area contributed by atoms with Crippen molar-refractivity contribution in [2.24, 2.45) is 5.92 Å². The fraction of sp³-hybridized carbons (Fsp3) is 0.333. The van der Waals surface area contributed by atoms with Crippen molar-refractivity contribution in [3.8, 4) is 5.75 Å². The van der Waals surface area contributed by atoms with Gasteiger partial charge in [0.2, 0.25) is 0 Å². The number of hydrogen-bond donors (Lipinski definition) is 1. The van der Waals surface area contributed by atoms with Gasteiger partial charge in [0.15, 0.2) is 0 Å². The van der Waals surface area contributed by atoms with Crippen molar-refractivity contribution in [2.75, 3.05) is 6.54 Å². The first-order valence-corrected chi connectivity index (χ1v) is 8.85. The van der Waals surface area contributed by atoms with Crippen LogP contribution in [0.15, 0.2) is 54.6 Å². The summed E-state index contributed by atoms with van der Waals surface area (Å²) >= 11 is 0. The summed E-state index contributed by atoms with van der Waals surface area (Å²) in [6.45, 7) is 2.34. The van der Waals surface area contributed by atoms with Crippen molar-refractivity contribution in [2.45, 2.75) is 32.4 Å². The van der Waals surface area contributed by atoms with Gasteiger partial charge in [-0.2, -0.15) is 0 Å². The van der Waals surface area contributed by atoms with Gasteiger partial charge in [-0.15, -0.1) is 0 Å². The third-order valence-corrected chi connectivity index (χ3v) is 4.49. The molecule has 1 aliphatic carbocycles. The summed E-state index contributed by atoms with van der Waals surface area (Å²) in [5, 5.41) is 9.12. The molecule has 5 heteroatoms. The van der Waals surface area contributed by atoms with Crippen molar-refractivity contribution in [1.29, 1.82) is 0 Å². The molecule has 2 aromatic carbocycles. The van der Waals surface area contributed by atoms with Crippen LogP contribution in [-0.2, 0) is 11.4 Å². The number of amides is 1. The molecule has 1 unspecified atom stereocenters. The van der Waals surface area contributed by atoms with Crippen LogP contribution in [0.25, 0.3) is 0 Å². The van der Waals surface area contributed by atoms with E-state index in [1.54, 1.807) is 36.1 Å². The van der Waals surface area contributed by atoms with E-state index in [4.69, 9.17) is 9.84 Å². The van der Waals surface area contributed by atoms with E-state index < -0.39 is 11.9 Å². The maximum atomic E-state index is 12.8. The van der Waals surface area contributed by atoms with E-state index >= 15 is 0 Å². The van der Waals surface area contributed by atoms with E-state index in [0.29, 0.717) is 17.9 Å². The molecule has 2 aromatic rings. The number of nitrogens with zero attached hydrogens (tertiary/aromatic N) is 1. The second-order valence-corrected chi connectivity index (χ2v) is 6.73. The van der Waals surface area contributed by atoms with Crippen LogP contribution < -0.4 is 4.74 Å². The SMILES string of the molecule is CC(CN(C(=O)c1ccc(OCc2ccccc2)cc1)C1CC1)C(=O)O. The van der Waals surface area contributed by atoms with Crippen LogP contribution in [0.5, 0.6) is 5.75 Å². The third-order valence-electron chi connectivity index (χ3n) is 4.49. The molecule has 1 atom stereocenters. The molecule has 26 heavy (non-hydrogen) atoms. The maximum Gasteiger partial charge on any atom is 0.308 e. The lowest BCUT2D eigenvalue weighted by molar-refractivity contribution is -0.141. The molecule has 0 saturated heterocycles. The van der Waals surface area contributed by atoms with Gasteiger partial charge in [0.05, 0.1) is 5.92 Å². The Labute approximate surface area is 153 Å². The standard InChI is InChI=1S/C21H23NO4/c1-15(21(24)25)13-22(18-9-10-18)20(23)17-7-11-19(12-8-17)26-14-16-5-3-2-4-6-16/h2-8,11-12,15,18H,9-10,13-14H2,1H3,(H,24,25). The van der Waals surface area contributed by atoms with Gasteiger partial charge in [-0.1, -0.05) is 37.3 Å². The molecule has 0 aromatic heterocycles. The minimum Gasteiger partial charge on any atom is -0.489 e. The number of benzene rings is 2. The second kappa shape index (κ2) is 8.04. The van der Waals surface area contributed by atoms with Crippen LogP contribution >= 0.6 is 0 Å². The van der Waals surface area contributed by atoms with Crippen molar-refractivity contribution < 1.29 is 19.4 Å². The lowest BCUT2D eigenvalue weighted by Crippen LogP contribution is -2.38. The number of carbonyl (C=O) groups excluding carboxylic acids is 1. The smallest absolute Gasteiger partial charge is 0.308 e. The molecular formula is C21H23NO4. The molecule has 136 valence electrons. The average Bonchev–Trinajstić information content (AvgIpc) is 3.50. The maximum absolute atomic E-state index is 12.8. The van der Waals surface area contributed by atoms with E-state index in [-0.39, 0.29) is 18.5 Å². The highest BCUT2D eigenvalue weighted by atomic mass is 16.5. The molecular weight excluding hydrogens is 330 g/mol. The molecule has 1 amide bonds. The van der Waals surface area contributed by atoms with E-state index in [1.807, 2.05) is 30.3 Å².